The van der Waals surface area contributed by atoms with E-state index in [4.69, 9.17) is 0 Å². The highest BCUT2D eigenvalue weighted by atomic mass is 15.2. The Hall–Kier alpha value is -6.96. The Balaban J connectivity index is 0.966. The lowest BCUT2D eigenvalue weighted by Crippen LogP contribution is -2.30. The standard InChI is InChI=1S/C54H39N/c1-3-11-38(12-4-1)45-29-33-53(46-25-21-39-13-7-8-15-44(39)35-46)54(37-45)43-22-19-40(20-23-43)41-27-30-49(31-28-41)55(48-16-5-2-6-17-48)50-32-34-52-47(36-50)26-24-42-14-9-10-18-51(42)52/h1-30,32-37,49H,31H2. The fourth-order valence-corrected chi connectivity index (χ4v) is 8.33. The summed E-state index contributed by atoms with van der Waals surface area (Å²) >= 11 is 0. The minimum Gasteiger partial charge on any atom is -0.334 e. The summed E-state index contributed by atoms with van der Waals surface area (Å²) in [4.78, 5) is 2.48. The zero-order chi connectivity index (χ0) is 36.6. The molecule has 0 spiro atoms. The van der Waals surface area contributed by atoms with Crippen molar-refractivity contribution >= 4 is 49.3 Å². The van der Waals surface area contributed by atoms with Gasteiger partial charge in [-0.3, -0.25) is 0 Å². The van der Waals surface area contributed by atoms with Crippen LogP contribution in [-0.2, 0) is 0 Å². The van der Waals surface area contributed by atoms with Gasteiger partial charge in [-0.15, -0.1) is 0 Å². The minimum atomic E-state index is 0.188. The maximum atomic E-state index is 2.48. The fourth-order valence-electron chi connectivity index (χ4n) is 8.33. The van der Waals surface area contributed by atoms with Crippen LogP contribution < -0.4 is 4.90 Å². The second-order valence-electron chi connectivity index (χ2n) is 14.5. The molecule has 0 aromatic heterocycles. The number of hydrogen-bond donors (Lipinski definition) is 0. The van der Waals surface area contributed by atoms with E-state index in [0.29, 0.717) is 0 Å². The number of allylic oxidation sites excluding steroid dienone is 2. The summed E-state index contributed by atoms with van der Waals surface area (Å²) in [6.07, 6.45) is 8.00. The average Bonchev–Trinajstić information content (AvgIpc) is 3.27. The number of nitrogens with zero attached hydrogens (tertiary/aromatic N) is 1. The van der Waals surface area contributed by atoms with E-state index < -0.39 is 0 Å². The van der Waals surface area contributed by atoms with E-state index in [1.165, 1.54) is 88.2 Å². The van der Waals surface area contributed by atoms with Crippen molar-refractivity contribution in [3.63, 3.8) is 0 Å². The van der Waals surface area contributed by atoms with E-state index in [1.807, 2.05) is 0 Å². The van der Waals surface area contributed by atoms with Crippen molar-refractivity contribution in [3.8, 4) is 33.4 Å². The van der Waals surface area contributed by atoms with Gasteiger partial charge in [0.25, 0.3) is 0 Å². The molecule has 9 aromatic rings. The SMILES string of the molecule is C1=CC(N(c2ccccc2)c2ccc3c(ccc4ccccc43)c2)CC=C1c1ccc(-c2cc(-c3ccccc3)ccc2-c2ccc3ccccc3c2)cc1. The van der Waals surface area contributed by atoms with E-state index in [1.54, 1.807) is 0 Å². The zero-order valence-electron chi connectivity index (χ0n) is 30.5. The number of anilines is 2. The maximum absolute atomic E-state index is 2.48. The van der Waals surface area contributed by atoms with Crippen molar-refractivity contribution in [3.05, 3.63) is 224 Å². The molecule has 0 amide bonds. The van der Waals surface area contributed by atoms with Crippen molar-refractivity contribution in [2.24, 2.45) is 0 Å². The number of benzene rings is 9. The highest BCUT2D eigenvalue weighted by molar-refractivity contribution is 6.08. The Kier molecular flexibility index (Phi) is 8.39. The van der Waals surface area contributed by atoms with Crippen molar-refractivity contribution in [1.29, 1.82) is 0 Å². The van der Waals surface area contributed by atoms with Crippen LogP contribution >= 0.6 is 0 Å². The highest BCUT2D eigenvalue weighted by Gasteiger charge is 2.21. The molecule has 1 aliphatic carbocycles. The molecule has 55 heavy (non-hydrogen) atoms. The number of hydrogen-bond acceptors (Lipinski definition) is 1. The van der Waals surface area contributed by atoms with Crippen LogP contribution in [0.4, 0.5) is 11.4 Å². The molecular formula is C54H39N. The summed E-state index contributed by atoms with van der Waals surface area (Å²) < 4.78 is 0. The van der Waals surface area contributed by atoms with Gasteiger partial charge >= 0.3 is 0 Å². The third-order valence-electron chi connectivity index (χ3n) is 11.2. The first kappa shape index (κ1) is 32.7. The van der Waals surface area contributed by atoms with Crippen LogP contribution in [0.1, 0.15) is 12.0 Å². The Morgan fingerprint density at radius 2 is 1.00 bits per heavy atom. The van der Waals surface area contributed by atoms with Gasteiger partial charge in [-0.25, -0.2) is 0 Å². The van der Waals surface area contributed by atoms with Crippen LogP contribution in [0.25, 0.3) is 71.3 Å². The minimum absolute atomic E-state index is 0.188. The third kappa shape index (κ3) is 6.30. The first-order valence-corrected chi connectivity index (χ1v) is 19.2. The maximum Gasteiger partial charge on any atom is 0.0560 e. The monoisotopic (exact) mass is 701 g/mol. The molecule has 0 aliphatic heterocycles. The molecule has 10 rings (SSSR count). The quantitative estimate of drug-likeness (QED) is 0.150. The smallest absolute Gasteiger partial charge is 0.0560 e. The fraction of sp³-hybridized carbons (Fsp3) is 0.0370. The van der Waals surface area contributed by atoms with E-state index in [9.17, 15) is 0 Å². The first-order valence-electron chi connectivity index (χ1n) is 19.2. The molecule has 0 heterocycles. The summed E-state index contributed by atoms with van der Waals surface area (Å²) in [5, 5.41) is 7.62. The lowest BCUT2D eigenvalue weighted by atomic mass is 9.89. The molecule has 1 aliphatic rings. The second kappa shape index (κ2) is 14.1. The van der Waals surface area contributed by atoms with Crippen LogP contribution in [-0.4, -0.2) is 6.04 Å². The predicted molar refractivity (Wildman–Crippen MR) is 236 cm³/mol. The Bertz CT molecular complexity index is 2880. The van der Waals surface area contributed by atoms with E-state index in [2.05, 4.69) is 223 Å². The van der Waals surface area contributed by atoms with Gasteiger partial charge in [0.1, 0.15) is 0 Å². The van der Waals surface area contributed by atoms with Crippen LogP contribution in [0.5, 0.6) is 0 Å². The van der Waals surface area contributed by atoms with Gasteiger partial charge in [0.2, 0.25) is 0 Å². The lowest BCUT2D eigenvalue weighted by molar-refractivity contribution is 0.787. The zero-order valence-corrected chi connectivity index (χ0v) is 30.5. The van der Waals surface area contributed by atoms with Gasteiger partial charge in [0.05, 0.1) is 6.04 Å². The molecule has 0 fully saturated rings. The van der Waals surface area contributed by atoms with Crippen molar-refractivity contribution in [1.82, 2.24) is 0 Å². The van der Waals surface area contributed by atoms with E-state index in [0.717, 1.165) is 6.42 Å². The molecule has 0 N–H and O–H groups in total. The predicted octanol–water partition coefficient (Wildman–Crippen LogP) is 14.7. The van der Waals surface area contributed by atoms with Crippen LogP contribution in [0.2, 0.25) is 0 Å². The average molecular weight is 702 g/mol. The van der Waals surface area contributed by atoms with Gasteiger partial charge in [0.15, 0.2) is 0 Å². The van der Waals surface area contributed by atoms with Crippen molar-refractivity contribution < 1.29 is 0 Å². The van der Waals surface area contributed by atoms with Gasteiger partial charge in [-0.1, -0.05) is 182 Å². The molecule has 9 aromatic carbocycles. The van der Waals surface area contributed by atoms with Gasteiger partial charge in [0, 0.05) is 11.4 Å². The molecule has 0 bridgehead atoms. The Labute approximate surface area is 322 Å². The number of fused-ring (bicyclic) bond motifs is 4. The van der Waals surface area contributed by atoms with E-state index in [-0.39, 0.29) is 6.04 Å². The molecule has 0 saturated heterocycles. The van der Waals surface area contributed by atoms with Crippen molar-refractivity contribution in [2.45, 2.75) is 12.5 Å². The van der Waals surface area contributed by atoms with Gasteiger partial charge < -0.3 is 4.90 Å². The highest BCUT2D eigenvalue weighted by Crippen LogP contribution is 2.39. The molecule has 260 valence electrons. The molecule has 1 heteroatoms. The Morgan fingerprint density at radius 3 is 1.80 bits per heavy atom. The van der Waals surface area contributed by atoms with Crippen molar-refractivity contribution in [2.75, 3.05) is 4.90 Å². The largest absolute Gasteiger partial charge is 0.334 e. The Morgan fingerprint density at radius 1 is 0.364 bits per heavy atom. The summed E-state index contributed by atoms with van der Waals surface area (Å²) in [7, 11) is 0. The third-order valence-corrected chi connectivity index (χ3v) is 11.2. The molecule has 1 unspecified atom stereocenters. The first-order chi connectivity index (χ1) is 27.2. The summed E-state index contributed by atoms with van der Waals surface area (Å²) in [6.45, 7) is 0. The van der Waals surface area contributed by atoms with Crippen LogP contribution in [0.15, 0.2) is 218 Å². The lowest BCUT2D eigenvalue weighted by Gasteiger charge is -2.33. The van der Waals surface area contributed by atoms with Crippen LogP contribution in [0, 0.1) is 0 Å². The topological polar surface area (TPSA) is 3.24 Å². The normalized spacial score (nSPS) is 14.0. The second-order valence-corrected chi connectivity index (χ2v) is 14.5. The molecular weight excluding hydrogens is 663 g/mol. The van der Waals surface area contributed by atoms with Crippen LogP contribution in [0.3, 0.4) is 0 Å². The van der Waals surface area contributed by atoms with Gasteiger partial charge in [-0.2, -0.15) is 0 Å². The summed E-state index contributed by atoms with van der Waals surface area (Å²) in [5.74, 6) is 0. The van der Waals surface area contributed by atoms with Gasteiger partial charge in [-0.05, 0) is 120 Å². The van der Waals surface area contributed by atoms with E-state index >= 15 is 0 Å². The summed E-state index contributed by atoms with van der Waals surface area (Å²) in [5.41, 5.74) is 12.2. The molecule has 0 radical (unpaired) electrons. The summed E-state index contributed by atoms with van der Waals surface area (Å²) in [6, 6.07) is 73.2. The molecule has 0 saturated carbocycles. The number of para-hydroxylation sites is 1. The molecule has 1 nitrogen and oxygen atoms in total. The number of rotatable bonds is 7. The molecule has 1 atom stereocenters.